The van der Waals surface area contributed by atoms with E-state index in [1.54, 1.807) is 0 Å². The summed E-state index contributed by atoms with van der Waals surface area (Å²) < 4.78 is 0. The molecule has 0 saturated carbocycles. The summed E-state index contributed by atoms with van der Waals surface area (Å²) in [6, 6.07) is 9.44. The van der Waals surface area contributed by atoms with E-state index in [0.29, 0.717) is 6.04 Å². The second kappa shape index (κ2) is 7.06. The smallest absolute Gasteiger partial charge is 0.0236 e. The highest BCUT2D eigenvalue weighted by Gasteiger charge is 2.20. The molecule has 0 bridgehead atoms. The van der Waals surface area contributed by atoms with Gasteiger partial charge in [0.1, 0.15) is 0 Å². The van der Waals surface area contributed by atoms with Crippen molar-refractivity contribution < 1.29 is 0 Å². The molecule has 2 heteroatoms. The standard InChI is InChI=1S/C17H30N2/c1-7-17(4,5)19(6)13-16-10-8-9-15(11-16)12-18-14(2)3/h8-11,14,18H,7,12-13H2,1-6H3. The molecule has 1 N–H and O–H groups in total. The van der Waals surface area contributed by atoms with Gasteiger partial charge in [-0.25, -0.2) is 0 Å². The highest BCUT2D eigenvalue weighted by atomic mass is 15.2. The normalized spacial score (nSPS) is 12.4. The van der Waals surface area contributed by atoms with Crippen molar-refractivity contribution >= 4 is 0 Å². The number of nitrogens with zero attached hydrogens (tertiary/aromatic N) is 1. The van der Waals surface area contributed by atoms with Crippen molar-refractivity contribution in [1.29, 1.82) is 0 Å². The van der Waals surface area contributed by atoms with Crippen LogP contribution in [0.2, 0.25) is 0 Å². The molecule has 2 nitrogen and oxygen atoms in total. The molecule has 19 heavy (non-hydrogen) atoms. The monoisotopic (exact) mass is 262 g/mol. The second-order valence-corrected chi connectivity index (χ2v) is 6.38. The van der Waals surface area contributed by atoms with E-state index in [1.807, 2.05) is 0 Å². The fourth-order valence-electron chi connectivity index (χ4n) is 1.92. The van der Waals surface area contributed by atoms with E-state index in [2.05, 4.69) is 76.1 Å². The average molecular weight is 262 g/mol. The third-order valence-corrected chi connectivity index (χ3v) is 4.02. The van der Waals surface area contributed by atoms with Crippen LogP contribution >= 0.6 is 0 Å². The molecule has 0 atom stereocenters. The predicted molar refractivity (Wildman–Crippen MR) is 84.3 cm³/mol. The molecule has 1 aromatic rings. The maximum Gasteiger partial charge on any atom is 0.0236 e. The van der Waals surface area contributed by atoms with Crippen LogP contribution in [0.4, 0.5) is 0 Å². The van der Waals surface area contributed by atoms with Crippen molar-refractivity contribution in [2.24, 2.45) is 0 Å². The van der Waals surface area contributed by atoms with Gasteiger partial charge in [0.25, 0.3) is 0 Å². The Morgan fingerprint density at radius 3 is 2.42 bits per heavy atom. The largest absolute Gasteiger partial charge is 0.310 e. The first-order valence-electron chi connectivity index (χ1n) is 7.37. The molecule has 0 aliphatic carbocycles. The van der Waals surface area contributed by atoms with Crippen molar-refractivity contribution in [2.75, 3.05) is 7.05 Å². The molecule has 0 aliphatic heterocycles. The predicted octanol–water partition coefficient (Wildman–Crippen LogP) is 3.81. The first kappa shape index (κ1) is 16.2. The lowest BCUT2D eigenvalue weighted by Gasteiger charge is -2.35. The first-order valence-corrected chi connectivity index (χ1v) is 7.37. The minimum Gasteiger partial charge on any atom is -0.310 e. The van der Waals surface area contributed by atoms with Crippen LogP contribution in [-0.4, -0.2) is 23.5 Å². The maximum atomic E-state index is 3.47. The molecule has 1 aromatic carbocycles. The minimum absolute atomic E-state index is 0.256. The molecular weight excluding hydrogens is 232 g/mol. The van der Waals surface area contributed by atoms with Crippen molar-refractivity contribution in [3.05, 3.63) is 35.4 Å². The van der Waals surface area contributed by atoms with Gasteiger partial charge in [0.15, 0.2) is 0 Å². The van der Waals surface area contributed by atoms with Crippen LogP contribution in [-0.2, 0) is 13.1 Å². The van der Waals surface area contributed by atoms with E-state index in [-0.39, 0.29) is 5.54 Å². The lowest BCUT2D eigenvalue weighted by molar-refractivity contribution is 0.143. The van der Waals surface area contributed by atoms with Crippen LogP contribution in [0.15, 0.2) is 24.3 Å². The van der Waals surface area contributed by atoms with Crippen LogP contribution in [0.5, 0.6) is 0 Å². The third kappa shape index (κ3) is 5.33. The molecule has 108 valence electrons. The molecule has 0 heterocycles. The zero-order valence-corrected chi connectivity index (χ0v) is 13.5. The van der Waals surface area contributed by atoms with E-state index in [0.717, 1.165) is 19.5 Å². The molecule has 0 amide bonds. The molecule has 0 saturated heterocycles. The lowest BCUT2D eigenvalue weighted by Crippen LogP contribution is -2.39. The zero-order valence-electron chi connectivity index (χ0n) is 13.5. The van der Waals surface area contributed by atoms with E-state index in [9.17, 15) is 0 Å². The summed E-state index contributed by atoms with van der Waals surface area (Å²) in [6.07, 6.45) is 1.16. The Morgan fingerprint density at radius 2 is 1.84 bits per heavy atom. The number of nitrogens with one attached hydrogen (secondary N) is 1. The first-order chi connectivity index (χ1) is 8.85. The van der Waals surface area contributed by atoms with E-state index in [4.69, 9.17) is 0 Å². The van der Waals surface area contributed by atoms with E-state index >= 15 is 0 Å². The van der Waals surface area contributed by atoms with Crippen LogP contribution in [0, 0.1) is 0 Å². The van der Waals surface area contributed by atoms with Gasteiger partial charge >= 0.3 is 0 Å². The molecule has 0 unspecified atom stereocenters. The Balaban J connectivity index is 2.66. The summed E-state index contributed by atoms with van der Waals surface area (Å²) in [7, 11) is 2.21. The van der Waals surface area contributed by atoms with Gasteiger partial charge in [-0.05, 0) is 38.4 Å². The quantitative estimate of drug-likeness (QED) is 0.804. The van der Waals surface area contributed by atoms with Crippen molar-refractivity contribution in [3.63, 3.8) is 0 Å². The van der Waals surface area contributed by atoms with Gasteiger partial charge in [0.2, 0.25) is 0 Å². The summed E-state index contributed by atoms with van der Waals surface area (Å²) in [5, 5.41) is 3.47. The van der Waals surface area contributed by atoms with Crippen molar-refractivity contribution in [3.8, 4) is 0 Å². The van der Waals surface area contributed by atoms with Gasteiger partial charge in [-0.3, -0.25) is 4.90 Å². The van der Waals surface area contributed by atoms with Gasteiger partial charge in [-0.15, -0.1) is 0 Å². The SMILES string of the molecule is CCC(C)(C)N(C)Cc1cccc(CNC(C)C)c1. The zero-order chi connectivity index (χ0) is 14.5. The van der Waals surface area contributed by atoms with Gasteiger partial charge in [0, 0.05) is 24.7 Å². The van der Waals surface area contributed by atoms with Gasteiger partial charge in [-0.1, -0.05) is 45.0 Å². The molecule has 1 rings (SSSR count). The Hall–Kier alpha value is -0.860. The van der Waals surface area contributed by atoms with E-state index in [1.165, 1.54) is 11.1 Å². The minimum atomic E-state index is 0.256. The summed E-state index contributed by atoms with van der Waals surface area (Å²) >= 11 is 0. The van der Waals surface area contributed by atoms with Gasteiger partial charge in [0.05, 0.1) is 0 Å². The number of hydrogen-bond acceptors (Lipinski definition) is 2. The summed E-state index contributed by atoms with van der Waals surface area (Å²) in [5.41, 5.74) is 3.02. The molecule has 0 aromatic heterocycles. The molecule has 0 fully saturated rings. The number of rotatable bonds is 7. The van der Waals surface area contributed by atoms with Crippen LogP contribution in [0.25, 0.3) is 0 Å². The van der Waals surface area contributed by atoms with E-state index < -0.39 is 0 Å². The van der Waals surface area contributed by atoms with Crippen LogP contribution in [0.3, 0.4) is 0 Å². The maximum absolute atomic E-state index is 3.47. The third-order valence-electron chi connectivity index (χ3n) is 4.02. The van der Waals surface area contributed by atoms with Crippen LogP contribution < -0.4 is 5.32 Å². The number of hydrogen-bond donors (Lipinski definition) is 1. The second-order valence-electron chi connectivity index (χ2n) is 6.38. The summed E-state index contributed by atoms with van der Waals surface area (Å²) in [4.78, 5) is 2.43. The molecule has 0 aliphatic rings. The highest BCUT2D eigenvalue weighted by molar-refractivity contribution is 5.23. The van der Waals surface area contributed by atoms with Crippen LogP contribution in [0.1, 0.15) is 52.2 Å². The summed E-state index contributed by atoms with van der Waals surface area (Å²) in [5.74, 6) is 0. The average Bonchev–Trinajstić information content (AvgIpc) is 2.36. The molecular formula is C17H30N2. The lowest BCUT2D eigenvalue weighted by atomic mass is 9.99. The van der Waals surface area contributed by atoms with Crippen molar-refractivity contribution in [1.82, 2.24) is 10.2 Å². The Bertz CT molecular complexity index is 383. The Kier molecular flexibility index (Phi) is 6.02. The Labute approximate surface area is 119 Å². The van der Waals surface area contributed by atoms with Gasteiger partial charge in [-0.2, -0.15) is 0 Å². The fraction of sp³-hybridized carbons (Fsp3) is 0.647. The highest BCUT2D eigenvalue weighted by Crippen LogP contribution is 2.19. The molecule has 0 spiro atoms. The molecule has 0 radical (unpaired) electrons. The Morgan fingerprint density at radius 1 is 1.21 bits per heavy atom. The topological polar surface area (TPSA) is 15.3 Å². The fourth-order valence-corrected chi connectivity index (χ4v) is 1.92. The van der Waals surface area contributed by atoms with Gasteiger partial charge < -0.3 is 5.32 Å². The summed E-state index contributed by atoms with van der Waals surface area (Å²) in [6.45, 7) is 13.2. The number of benzene rings is 1. The van der Waals surface area contributed by atoms with Crippen molar-refractivity contribution in [2.45, 2.75) is 65.7 Å².